The molecule has 0 aliphatic heterocycles. The third kappa shape index (κ3) is 8.15. The van der Waals surface area contributed by atoms with Gasteiger partial charge in [0.05, 0.1) is 4.90 Å². The molecule has 41 heavy (non-hydrogen) atoms. The van der Waals surface area contributed by atoms with Crippen LogP contribution in [0, 0.1) is 5.82 Å². The van der Waals surface area contributed by atoms with E-state index in [1.807, 2.05) is 60.7 Å². The Morgan fingerprint density at radius 1 is 0.829 bits per heavy atom. The maximum atomic E-state index is 13.5. The normalized spacial score (nSPS) is 11.8. The lowest BCUT2D eigenvalue weighted by atomic mass is 10.0. The molecule has 0 heterocycles. The lowest BCUT2D eigenvalue weighted by Gasteiger charge is -2.31. The van der Waals surface area contributed by atoms with Crippen molar-refractivity contribution in [2.75, 3.05) is 18.4 Å². The number of ether oxygens (including phenoxy) is 1. The Kier molecular flexibility index (Phi) is 9.70. The number of hydrogen-bond donors (Lipinski definition) is 2. The van der Waals surface area contributed by atoms with Gasteiger partial charge in [-0.3, -0.25) is 14.3 Å². The number of amides is 2. The highest BCUT2D eigenvalue weighted by Crippen LogP contribution is 2.21. The molecule has 2 amide bonds. The zero-order valence-electron chi connectivity index (χ0n) is 22.4. The summed E-state index contributed by atoms with van der Waals surface area (Å²) >= 11 is 0. The van der Waals surface area contributed by atoms with Gasteiger partial charge in [-0.25, -0.2) is 12.8 Å². The van der Waals surface area contributed by atoms with Gasteiger partial charge in [-0.1, -0.05) is 60.7 Å². The van der Waals surface area contributed by atoms with Gasteiger partial charge in [0.15, 0.2) is 6.61 Å². The molecule has 212 valence electrons. The van der Waals surface area contributed by atoms with Crippen LogP contribution in [0.4, 0.5) is 10.1 Å². The zero-order chi connectivity index (χ0) is 29.2. The zero-order valence-corrected chi connectivity index (χ0v) is 23.2. The van der Waals surface area contributed by atoms with E-state index in [9.17, 15) is 22.4 Å². The number of halogens is 1. The van der Waals surface area contributed by atoms with Crippen LogP contribution in [0.3, 0.4) is 0 Å². The lowest BCUT2D eigenvalue weighted by Crippen LogP contribution is -2.51. The predicted molar refractivity (Wildman–Crippen MR) is 154 cm³/mol. The van der Waals surface area contributed by atoms with Gasteiger partial charge in [0.2, 0.25) is 5.91 Å². The molecule has 1 unspecified atom stereocenters. The van der Waals surface area contributed by atoms with Crippen LogP contribution in [-0.2, 0) is 32.6 Å². The van der Waals surface area contributed by atoms with Crippen LogP contribution in [-0.4, -0.2) is 44.8 Å². The molecule has 0 aromatic heterocycles. The van der Waals surface area contributed by atoms with E-state index in [-0.39, 0.29) is 35.4 Å². The van der Waals surface area contributed by atoms with Crippen molar-refractivity contribution in [3.05, 3.63) is 126 Å². The van der Waals surface area contributed by atoms with Gasteiger partial charge >= 0.3 is 0 Å². The first-order valence-electron chi connectivity index (χ1n) is 12.9. The highest BCUT2D eigenvalue weighted by atomic mass is 32.2. The molecule has 8 nitrogen and oxygen atoms in total. The number of carbonyl (C=O) groups excluding carboxylic acids is 2. The van der Waals surface area contributed by atoms with E-state index in [2.05, 4.69) is 10.0 Å². The van der Waals surface area contributed by atoms with Gasteiger partial charge in [0.25, 0.3) is 15.9 Å². The topological polar surface area (TPSA) is 105 Å². The minimum Gasteiger partial charge on any atom is -0.484 e. The second-order valence-electron chi connectivity index (χ2n) is 9.20. The number of nitrogens with zero attached hydrogens (tertiary/aromatic N) is 1. The monoisotopic (exact) mass is 575 g/mol. The molecule has 4 rings (SSSR count). The first-order chi connectivity index (χ1) is 19.7. The number of anilines is 1. The second kappa shape index (κ2) is 13.6. The summed E-state index contributed by atoms with van der Waals surface area (Å²) in [5.41, 5.74) is 1.97. The molecule has 4 aromatic carbocycles. The number of hydrogen-bond acceptors (Lipinski definition) is 5. The van der Waals surface area contributed by atoms with Gasteiger partial charge in [-0.05, 0) is 59.7 Å². The van der Waals surface area contributed by atoms with Crippen molar-refractivity contribution in [3.63, 3.8) is 0 Å². The third-order valence-electron chi connectivity index (χ3n) is 6.31. The highest BCUT2D eigenvalue weighted by Gasteiger charge is 2.30. The molecular weight excluding hydrogens is 545 g/mol. The summed E-state index contributed by atoms with van der Waals surface area (Å²) in [6, 6.07) is 28.5. The molecular formula is C31H30FN3O5S. The number of nitrogens with one attached hydrogen (secondary N) is 2. The SMILES string of the molecule is CNC(=O)C(Cc1ccccc1)N(Cc1ccccc1)C(=O)COc1ccc(S(=O)(=O)Nc2ccc(F)cc2)cc1. The van der Waals surface area contributed by atoms with Crippen molar-refractivity contribution in [2.24, 2.45) is 0 Å². The number of carbonyl (C=O) groups is 2. The Hall–Kier alpha value is -4.70. The molecule has 0 saturated heterocycles. The summed E-state index contributed by atoms with van der Waals surface area (Å²) in [5, 5.41) is 2.67. The molecule has 0 spiro atoms. The van der Waals surface area contributed by atoms with Crippen LogP contribution < -0.4 is 14.8 Å². The maximum absolute atomic E-state index is 13.5. The average molecular weight is 576 g/mol. The molecule has 10 heteroatoms. The Morgan fingerprint density at radius 2 is 1.41 bits per heavy atom. The molecule has 0 bridgehead atoms. The van der Waals surface area contributed by atoms with Gasteiger partial charge in [-0.15, -0.1) is 0 Å². The summed E-state index contributed by atoms with van der Waals surface area (Å²) in [6.45, 7) is -0.171. The van der Waals surface area contributed by atoms with Crippen LogP contribution in [0.2, 0.25) is 0 Å². The van der Waals surface area contributed by atoms with E-state index in [1.54, 1.807) is 0 Å². The quantitative estimate of drug-likeness (QED) is 0.261. The molecule has 2 N–H and O–H groups in total. The molecule has 0 saturated carbocycles. The summed E-state index contributed by atoms with van der Waals surface area (Å²) in [6.07, 6.45) is 0.312. The van der Waals surface area contributed by atoms with Crippen molar-refractivity contribution in [1.82, 2.24) is 10.2 Å². The number of likely N-dealkylation sites (N-methyl/N-ethyl adjacent to an activating group) is 1. The Balaban J connectivity index is 1.48. The first-order valence-corrected chi connectivity index (χ1v) is 14.3. The molecule has 4 aromatic rings. The Labute approximate surface area is 238 Å². The lowest BCUT2D eigenvalue weighted by molar-refractivity contribution is -0.142. The van der Waals surface area contributed by atoms with Gasteiger partial charge < -0.3 is 15.0 Å². The summed E-state index contributed by atoms with van der Waals surface area (Å²) < 4.78 is 46.6. The highest BCUT2D eigenvalue weighted by molar-refractivity contribution is 7.92. The van der Waals surface area contributed by atoms with E-state index in [0.717, 1.165) is 23.3 Å². The summed E-state index contributed by atoms with van der Waals surface area (Å²) in [7, 11) is -2.39. The number of rotatable bonds is 12. The Morgan fingerprint density at radius 3 is 2.00 bits per heavy atom. The van der Waals surface area contributed by atoms with E-state index in [0.29, 0.717) is 6.42 Å². The fourth-order valence-electron chi connectivity index (χ4n) is 4.18. The van der Waals surface area contributed by atoms with E-state index >= 15 is 0 Å². The van der Waals surface area contributed by atoms with E-state index in [4.69, 9.17) is 4.74 Å². The molecule has 0 aliphatic rings. The minimum atomic E-state index is -3.92. The molecule has 0 fully saturated rings. The van der Waals surface area contributed by atoms with Crippen molar-refractivity contribution >= 4 is 27.5 Å². The van der Waals surface area contributed by atoms with Crippen molar-refractivity contribution in [3.8, 4) is 5.75 Å². The molecule has 0 aliphatic carbocycles. The number of sulfonamides is 1. The summed E-state index contributed by atoms with van der Waals surface area (Å²) in [5.74, 6) is -0.916. The van der Waals surface area contributed by atoms with Gasteiger partial charge in [0, 0.05) is 25.7 Å². The van der Waals surface area contributed by atoms with Gasteiger partial charge in [-0.2, -0.15) is 0 Å². The molecule has 1 atom stereocenters. The average Bonchev–Trinajstić information content (AvgIpc) is 2.99. The van der Waals surface area contributed by atoms with Crippen LogP contribution in [0.25, 0.3) is 0 Å². The largest absolute Gasteiger partial charge is 0.484 e. The third-order valence-corrected chi connectivity index (χ3v) is 7.70. The van der Waals surface area contributed by atoms with E-state index in [1.165, 1.54) is 48.3 Å². The van der Waals surface area contributed by atoms with E-state index < -0.39 is 27.8 Å². The molecule has 0 radical (unpaired) electrons. The first kappa shape index (κ1) is 29.3. The van der Waals surface area contributed by atoms with Crippen molar-refractivity contribution in [2.45, 2.75) is 23.9 Å². The summed E-state index contributed by atoms with van der Waals surface area (Å²) in [4.78, 5) is 28.0. The predicted octanol–water partition coefficient (Wildman–Crippen LogP) is 4.39. The van der Waals surface area contributed by atoms with Crippen LogP contribution >= 0.6 is 0 Å². The fraction of sp³-hybridized carbons (Fsp3) is 0.161. The second-order valence-corrected chi connectivity index (χ2v) is 10.9. The Bertz CT molecular complexity index is 1550. The number of benzene rings is 4. The fourth-order valence-corrected chi connectivity index (χ4v) is 5.23. The van der Waals surface area contributed by atoms with Crippen LogP contribution in [0.15, 0.2) is 114 Å². The maximum Gasteiger partial charge on any atom is 0.261 e. The van der Waals surface area contributed by atoms with Crippen molar-refractivity contribution < 1.29 is 27.1 Å². The van der Waals surface area contributed by atoms with Crippen LogP contribution in [0.5, 0.6) is 5.75 Å². The van der Waals surface area contributed by atoms with Gasteiger partial charge in [0.1, 0.15) is 17.6 Å². The minimum absolute atomic E-state index is 0.0336. The van der Waals surface area contributed by atoms with Crippen molar-refractivity contribution in [1.29, 1.82) is 0 Å². The standard InChI is InChI=1S/C31H30FN3O5S/c1-33-31(37)29(20-23-8-4-2-5-9-23)35(21-24-10-6-3-7-11-24)30(36)22-40-27-16-18-28(19-17-27)41(38,39)34-26-14-12-25(32)13-15-26/h2-19,29,34H,20-22H2,1H3,(H,33,37). The van der Waals surface area contributed by atoms with Crippen LogP contribution in [0.1, 0.15) is 11.1 Å². The smallest absolute Gasteiger partial charge is 0.261 e.